The van der Waals surface area contributed by atoms with Gasteiger partial charge in [-0.1, -0.05) is 11.3 Å². The number of fused-ring (bicyclic) bond motifs is 1. The third-order valence-corrected chi connectivity index (χ3v) is 3.45. The molecule has 0 spiro atoms. The summed E-state index contributed by atoms with van der Waals surface area (Å²) in [4.78, 5) is 26.2. The molecule has 5 nitrogen and oxygen atoms in total. The highest BCUT2D eigenvalue weighted by molar-refractivity contribution is 7.22. The summed E-state index contributed by atoms with van der Waals surface area (Å²) >= 11 is 1.00. The number of rotatable bonds is 4. The lowest BCUT2D eigenvalue weighted by molar-refractivity contribution is -0.142. The first kappa shape index (κ1) is 15.2. The van der Waals surface area contributed by atoms with Gasteiger partial charge < -0.3 is 10.4 Å². The Morgan fingerprint density at radius 3 is 2.67 bits per heavy atom. The zero-order valence-corrected chi connectivity index (χ0v) is 11.2. The Bertz CT molecular complexity index is 697. The van der Waals surface area contributed by atoms with E-state index in [0.29, 0.717) is 10.2 Å². The fraction of sp³-hybridized carbons (Fsp3) is 0.250. The molecule has 21 heavy (non-hydrogen) atoms. The number of hydrogen-bond donors (Lipinski definition) is 2. The van der Waals surface area contributed by atoms with Crippen LogP contribution < -0.4 is 5.32 Å². The number of carboxylic acids is 1. The van der Waals surface area contributed by atoms with Gasteiger partial charge in [0.1, 0.15) is 0 Å². The van der Waals surface area contributed by atoms with Crippen LogP contribution >= 0.6 is 11.3 Å². The number of thiazole rings is 1. The summed E-state index contributed by atoms with van der Waals surface area (Å²) in [7, 11) is 0. The standard InChI is InChI=1S/C12H9F3N2O3S/c13-12(14,15)4-3-9(18)17-11-16-7-2-1-6(10(19)20)5-8(7)21-11/h1-2,5H,3-4H2,(H,19,20)(H,16,17,18). The quantitative estimate of drug-likeness (QED) is 0.906. The van der Waals surface area contributed by atoms with E-state index < -0.39 is 30.9 Å². The number of hydrogen-bond acceptors (Lipinski definition) is 4. The number of aromatic carboxylic acids is 1. The maximum Gasteiger partial charge on any atom is 0.389 e. The number of nitrogens with one attached hydrogen (secondary N) is 1. The van der Waals surface area contributed by atoms with Crippen LogP contribution in [-0.2, 0) is 4.79 Å². The monoisotopic (exact) mass is 318 g/mol. The van der Waals surface area contributed by atoms with E-state index in [1.807, 2.05) is 0 Å². The second kappa shape index (κ2) is 5.68. The van der Waals surface area contributed by atoms with Gasteiger partial charge in [-0.2, -0.15) is 13.2 Å². The van der Waals surface area contributed by atoms with Crippen LogP contribution in [0.1, 0.15) is 23.2 Å². The number of alkyl halides is 3. The van der Waals surface area contributed by atoms with Gasteiger partial charge in [0.2, 0.25) is 5.91 Å². The van der Waals surface area contributed by atoms with E-state index in [1.165, 1.54) is 18.2 Å². The van der Waals surface area contributed by atoms with E-state index >= 15 is 0 Å². The van der Waals surface area contributed by atoms with Crippen molar-refractivity contribution in [1.82, 2.24) is 4.98 Å². The number of carbonyl (C=O) groups is 2. The first-order chi connectivity index (χ1) is 9.74. The number of amides is 1. The topological polar surface area (TPSA) is 79.3 Å². The lowest BCUT2D eigenvalue weighted by atomic mass is 10.2. The molecule has 1 amide bonds. The summed E-state index contributed by atoms with van der Waals surface area (Å²) in [6.07, 6.45) is -6.27. The number of carboxylic acid groups (broad SMARTS) is 1. The molecule has 9 heteroatoms. The van der Waals surface area contributed by atoms with Crippen molar-refractivity contribution in [1.29, 1.82) is 0 Å². The lowest BCUT2D eigenvalue weighted by Crippen LogP contribution is -2.16. The molecule has 2 N–H and O–H groups in total. The van der Waals surface area contributed by atoms with E-state index in [1.54, 1.807) is 0 Å². The molecule has 2 rings (SSSR count). The number of benzene rings is 1. The van der Waals surface area contributed by atoms with Crippen LogP contribution in [0.2, 0.25) is 0 Å². The molecule has 1 aromatic heterocycles. The molecule has 0 radical (unpaired) electrons. The van der Waals surface area contributed by atoms with E-state index in [-0.39, 0.29) is 10.7 Å². The van der Waals surface area contributed by atoms with Gasteiger partial charge in [0.05, 0.1) is 22.2 Å². The SMILES string of the molecule is O=C(CCC(F)(F)F)Nc1nc2ccc(C(=O)O)cc2s1. The molecule has 112 valence electrons. The van der Waals surface area contributed by atoms with Crippen molar-refractivity contribution in [3.63, 3.8) is 0 Å². The molecule has 0 aliphatic heterocycles. The predicted octanol–water partition coefficient (Wildman–Crippen LogP) is 3.28. The third-order valence-electron chi connectivity index (χ3n) is 2.52. The van der Waals surface area contributed by atoms with Crippen LogP contribution in [0.15, 0.2) is 18.2 Å². The van der Waals surface area contributed by atoms with E-state index in [0.717, 1.165) is 11.3 Å². The summed E-state index contributed by atoms with van der Waals surface area (Å²) < 4.78 is 36.5. The van der Waals surface area contributed by atoms with Gasteiger partial charge in [0, 0.05) is 6.42 Å². The zero-order chi connectivity index (χ0) is 15.6. The van der Waals surface area contributed by atoms with Crippen molar-refractivity contribution in [2.45, 2.75) is 19.0 Å². The van der Waals surface area contributed by atoms with Gasteiger partial charge >= 0.3 is 12.1 Å². The van der Waals surface area contributed by atoms with Crippen LogP contribution in [0.3, 0.4) is 0 Å². The molecular formula is C12H9F3N2O3S. The van der Waals surface area contributed by atoms with Crippen LogP contribution in [0.4, 0.5) is 18.3 Å². The maximum atomic E-state index is 12.0. The van der Waals surface area contributed by atoms with Gasteiger partial charge in [0.15, 0.2) is 5.13 Å². The summed E-state index contributed by atoms with van der Waals surface area (Å²) in [5, 5.41) is 11.3. The molecule has 0 aliphatic carbocycles. The van der Waals surface area contributed by atoms with Crippen molar-refractivity contribution >= 4 is 38.6 Å². The Labute approximate surface area is 120 Å². The second-order valence-electron chi connectivity index (χ2n) is 4.17. The van der Waals surface area contributed by atoms with Crippen LogP contribution in [-0.4, -0.2) is 28.1 Å². The minimum atomic E-state index is -4.39. The maximum absolute atomic E-state index is 12.0. The third kappa shape index (κ3) is 4.15. The van der Waals surface area contributed by atoms with Crippen molar-refractivity contribution in [2.24, 2.45) is 0 Å². The summed E-state index contributed by atoms with van der Waals surface area (Å²) in [6.45, 7) is 0. The first-order valence-corrected chi connectivity index (χ1v) is 6.57. The Morgan fingerprint density at radius 1 is 1.33 bits per heavy atom. The molecule has 0 aliphatic rings. The Balaban J connectivity index is 2.09. The van der Waals surface area contributed by atoms with Crippen molar-refractivity contribution < 1.29 is 27.9 Å². The van der Waals surface area contributed by atoms with Gasteiger partial charge in [-0.05, 0) is 18.2 Å². The largest absolute Gasteiger partial charge is 0.478 e. The normalized spacial score (nSPS) is 11.6. The summed E-state index contributed by atoms with van der Waals surface area (Å²) in [5.41, 5.74) is 0.539. The average molecular weight is 318 g/mol. The van der Waals surface area contributed by atoms with Crippen LogP contribution in [0, 0.1) is 0 Å². The fourth-order valence-electron chi connectivity index (χ4n) is 1.55. The summed E-state index contributed by atoms with van der Waals surface area (Å²) in [6, 6.07) is 4.22. The molecule has 0 unspecified atom stereocenters. The molecule has 1 heterocycles. The van der Waals surface area contributed by atoms with Crippen molar-refractivity contribution in [2.75, 3.05) is 5.32 Å². The van der Waals surface area contributed by atoms with E-state index in [4.69, 9.17) is 5.11 Å². The van der Waals surface area contributed by atoms with E-state index in [2.05, 4.69) is 10.3 Å². The number of anilines is 1. The van der Waals surface area contributed by atoms with Gasteiger partial charge in [-0.25, -0.2) is 9.78 Å². The Morgan fingerprint density at radius 2 is 2.05 bits per heavy atom. The highest BCUT2D eigenvalue weighted by atomic mass is 32.1. The molecule has 0 fully saturated rings. The van der Waals surface area contributed by atoms with Crippen LogP contribution in [0.5, 0.6) is 0 Å². The van der Waals surface area contributed by atoms with Gasteiger partial charge in [-0.15, -0.1) is 0 Å². The number of carbonyl (C=O) groups excluding carboxylic acids is 1. The molecule has 0 atom stereocenters. The number of nitrogens with zero attached hydrogens (tertiary/aromatic N) is 1. The number of aromatic nitrogens is 1. The predicted molar refractivity (Wildman–Crippen MR) is 70.5 cm³/mol. The second-order valence-corrected chi connectivity index (χ2v) is 5.20. The van der Waals surface area contributed by atoms with Crippen LogP contribution in [0.25, 0.3) is 10.2 Å². The van der Waals surface area contributed by atoms with Crippen molar-refractivity contribution in [3.8, 4) is 0 Å². The summed E-state index contributed by atoms with van der Waals surface area (Å²) in [5.74, 6) is -1.88. The molecule has 0 saturated heterocycles. The smallest absolute Gasteiger partial charge is 0.389 e. The minimum absolute atomic E-state index is 0.0705. The highest BCUT2D eigenvalue weighted by Crippen LogP contribution is 2.27. The minimum Gasteiger partial charge on any atom is -0.478 e. The Hall–Kier alpha value is -2.16. The van der Waals surface area contributed by atoms with E-state index in [9.17, 15) is 22.8 Å². The van der Waals surface area contributed by atoms with Gasteiger partial charge in [0.25, 0.3) is 0 Å². The van der Waals surface area contributed by atoms with Crippen molar-refractivity contribution in [3.05, 3.63) is 23.8 Å². The molecular weight excluding hydrogens is 309 g/mol. The fourth-order valence-corrected chi connectivity index (χ4v) is 2.47. The molecule has 2 aromatic rings. The average Bonchev–Trinajstić information content (AvgIpc) is 2.76. The Kier molecular flexibility index (Phi) is 4.12. The zero-order valence-electron chi connectivity index (χ0n) is 10.4. The molecule has 1 aromatic carbocycles. The van der Waals surface area contributed by atoms with Gasteiger partial charge in [-0.3, -0.25) is 4.79 Å². The first-order valence-electron chi connectivity index (χ1n) is 5.75. The molecule has 0 bridgehead atoms. The highest BCUT2D eigenvalue weighted by Gasteiger charge is 2.28. The lowest BCUT2D eigenvalue weighted by Gasteiger charge is -2.05. The number of halogens is 3. The molecule has 0 saturated carbocycles.